The van der Waals surface area contributed by atoms with Gasteiger partial charge in [0.2, 0.25) is 5.89 Å². The smallest absolute Gasteiger partial charge is 0.229 e. The quantitative estimate of drug-likeness (QED) is 0.887. The summed E-state index contributed by atoms with van der Waals surface area (Å²) in [4.78, 5) is 7.18. The molecule has 0 bridgehead atoms. The van der Waals surface area contributed by atoms with Gasteiger partial charge < -0.3 is 9.42 Å². The number of piperidine rings is 1. The maximum atomic E-state index is 5.42. The molecule has 1 unspecified atom stereocenters. The number of nitrogens with zero attached hydrogens (tertiary/aromatic N) is 4. The van der Waals surface area contributed by atoms with Gasteiger partial charge in [0.1, 0.15) is 0 Å². The molecule has 2 aromatic rings. The van der Waals surface area contributed by atoms with E-state index in [9.17, 15) is 0 Å². The van der Waals surface area contributed by atoms with Crippen LogP contribution in [0.1, 0.15) is 61.2 Å². The van der Waals surface area contributed by atoms with E-state index in [4.69, 9.17) is 4.52 Å². The van der Waals surface area contributed by atoms with Crippen LogP contribution in [-0.4, -0.2) is 44.9 Å². The molecule has 2 fully saturated rings. The predicted molar refractivity (Wildman–Crippen MR) is 81.6 cm³/mol. The fourth-order valence-electron chi connectivity index (χ4n) is 3.30. The average molecular weight is 301 g/mol. The molecule has 0 amide bonds. The molecule has 0 spiro atoms. The second-order valence-electron chi connectivity index (χ2n) is 6.61. The fraction of sp³-hybridized carbons (Fsp3) is 0.688. The van der Waals surface area contributed by atoms with Gasteiger partial charge in [0.05, 0.1) is 6.20 Å². The van der Waals surface area contributed by atoms with Crippen LogP contribution in [0.2, 0.25) is 0 Å². The Hall–Kier alpha value is -1.69. The lowest BCUT2D eigenvalue weighted by Crippen LogP contribution is -2.35. The van der Waals surface area contributed by atoms with Crippen molar-refractivity contribution in [2.45, 2.75) is 50.4 Å². The van der Waals surface area contributed by atoms with Crippen LogP contribution in [0, 0.1) is 0 Å². The van der Waals surface area contributed by atoms with E-state index in [1.807, 2.05) is 12.4 Å². The maximum absolute atomic E-state index is 5.42. The van der Waals surface area contributed by atoms with Gasteiger partial charge in [0.15, 0.2) is 5.82 Å². The number of aryl methyl sites for hydroxylation is 1. The second kappa shape index (κ2) is 6.20. The summed E-state index contributed by atoms with van der Waals surface area (Å²) >= 11 is 0. The number of aromatic nitrogens is 4. The molecule has 1 saturated carbocycles. The van der Waals surface area contributed by atoms with Gasteiger partial charge >= 0.3 is 0 Å². The first-order valence-corrected chi connectivity index (χ1v) is 8.42. The van der Waals surface area contributed by atoms with Crippen LogP contribution in [-0.2, 0) is 6.42 Å². The molecule has 1 atom stereocenters. The average Bonchev–Trinajstić information content (AvgIpc) is 3.06. The van der Waals surface area contributed by atoms with Crippen LogP contribution in [0.15, 0.2) is 16.9 Å². The normalized spacial score (nSPS) is 23.0. The van der Waals surface area contributed by atoms with E-state index in [2.05, 4.69) is 25.2 Å². The Morgan fingerprint density at radius 1 is 1.27 bits per heavy atom. The summed E-state index contributed by atoms with van der Waals surface area (Å²) in [7, 11) is 0. The molecular weight excluding hydrogens is 278 g/mol. The molecule has 0 aromatic carbocycles. The van der Waals surface area contributed by atoms with Gasteiger partial charge in [-0.3, -0.25) is 5.10 Å². The highest BCUT2D eigenvalue weighted by Gasteiger charge is 2.32. The minimum atomic E-state index is 0.443. The van der Waals surface area contributed by atoms with Crippen molar-refractivity contribution in [1.29, 1.82) is 0 Å². The molecular formula is C16H23N5O. The van der Waals surface area contributed by atoms with E-state index in [-0.39, 0.29) is 0 Å². The van der Waals surface area contributed by atoms with Crippen LogP contribution in [0.5, 0.6) is 0 Å². The van der Waals surface area contributed by atoms with Gasteiger partial charge in [0.25, 0.3) is 0 Å². The fourth-order valence-corrected chi connectivity index (χ4v) is 3.30. The molecule has 22 heavy (non-hydrogen) atoms. The monoisotopic (exact) mass is 301 g/mol. The number of aromatic amines is 1. The third-order valence-electron chi connectivity index (χ3n) is 4.75. The first kappa shape index (κ1) is 13.9. The van der Waals surface area contributed by atoms with Gasteiger partial charge in [-0.15, -0.1) is 0 Å². The van der Waals surface area contributed by atoms with Crippen LogP contribution in [0.25, 0.3) is 0 Å². The van der Waals surface area contributed by atoms with Gasteiger partial charge in [-0.25, -0.2) is 0 Å². The SMILES string of the molecule is c1n[nH]cc1CCCN1CCCC(c2noc(C3CC3)n2)C1. The van der Waals surface area contributed by atoms with Crippen molar-refractivity contribution in [3.05, 3.63) is 29.7 Å². The number of hydrogen-bond acceptors (Lipinski definition) is 5. The van der Waals surface area contributed by atoms with Crippen molar-refractivity contribution in [1.82, 2.24) is 25.2 Å². The predicted octanol–water partition coefficient (Wildman–Crippen LogP) is 2.48. The van der Waals surface area contributed by atoms with Crippen molar-refractivity contribution in [3.63, 3.8) is 0 Å². The summed E-state index contributed by atoms with van der Waals surface area (Å²) in [5, 5.41) is 11.1. The third kappa shape index (κ3) is 3.21. The summed E-state index contributed by atoms with van der Waals surface area (Å²) in [6.07, 6.45) is 11.0. The zero-order chi connectivity index (χ0) is 14.8. The lowest BCUT2D eigenvalue weighted by molar-refractivity contribution is 0.200. The highest BCUT2D eigenvalue weighted by molar-refractivity contribution is 5.06. The van der Waals surface area contributed by atoms with E-state index >= 15 is 0 Å². The highest BCUT2D eigenvalue weighted by atomic mass is 16.5. The van der Waals surface area contributed by atoms with Crippen LogP contribution >= 0.6 is 0 Å². The molecule has 0 radical (unpaired) electrons. The lowest BCUT2D eigenvalue weighted by atomic mass is 9.97. The minimum absolute atomic E-state index is 0.443. The Morgan fingerprint density at radius 3 is 3.05 bits per heavy atom. The number of H-pyrrole nitrogens is 1. The van der Waals surface area contributed by atoms with Gasteiger partial charge in [-0.05, 0) is 57.2 Å². The largest absolute Gasteiger partial charge is 0.339 e. The molecule has 1 aliphatic carbocycles. The molecule has 4 rings (SSSR count). The Morgan fingerprint density at radius 2 is 2.23 bits per heavy atom. The third-order valence-corrected chi connectivity index (χ3v) is 4.75. The summed E-state index contributed by atoms with van der Waals surface area (Å²) in [5.74, 6) is 2.79. The van der Waals surface area contributed by atoms with E-state index < -0.39 is 0 Å². The van der Waals surface area contributed by atoms with E-state index in [1.165, 1.54) is 44.2 Å². The Balaban J connectivity index is 1.29. The van der Waals surface area contributed by atoms with Crippen molar-refractivity contribution in [2.75, 3.05) is 19.6 Å². The van der Waals surface area contributed by atoms with E-state index in [1.54, 1.807) is 0 Å². The number of nitrogens with one attached hydrogen (secondary N) is 1. The van der Waals surface area contributed by atoms with E-state index in [0.29, 0.717) is 11.8 Å². The van der Waals surface area contributed by atoms with Gasteiger partial charge in [-0.1, -0.05) is 5.16 Å². The zero-order valence-corrected chi connectivity index (χ0v) is 12.9. The molecule has 2 aromatic heterocycles. The number of rotatable bonds is 6. The standard InChI is InChI=1S/C16H23N5O/c1(3-12-9-17-18-10-12)7-21-8-2-4-14(11-21)15-19-16(22-20-15)13-5-6-13/h9-10,13-14H,1-8,11H2,(H,17,18). The maximum Gasteiger partial charge on any atom is 0.229 e. The summed E-state index contributed by atoms with van der Waals surface area (Å²) in [6.45, 7) is 3.39. The molecule has 3 heterocycles. The first-order chi connectivity index (χ1) is 10.9. The Bertz CT molecular complexity index is 589. The van der Waals surface area contributed by atoms with Crippen molar-refractivity contribution in [2.24, 2.45) is 0 Å². The first-order valence-electron chi connectivity index (χ1n) is 8.42. The van der Waals surface area contributed by atoms with Crippen molar-refractivity contribution >= 4 is 0 Å². The van der Waals surface area contributed by atoms with Gasteiger partial charge in [0, 0.05) is 24.6 Å². The number of hydrogen-bond donors (Lipinski definition) is 1. The Labute approximate surface area is 130 Å². The van der Waals surface area contributed by atoms with E-state index in [0.717, 1.165) is 31.2 Å². The molecule has 1 N–H and O–H groups in total. The molecule has 1 aliphatic heterocycles. The molecule has 6 heteroatoms. The van der Waals surface area contributed by atoms with Crippen molar-refractivity contribution in [3.8, 4) is 0 Å². The Kier molecular flexibility index (Phi) is 3.93. The lowest BCUT2D eigenvalue weighted by Gasteiger charge is -2.31. The molecule has 1 saturated heterocycles. The summed E-state index contributed by atoms with van der Waals surface area (Å²) < 4.78 is 5.42. The summed E-state index contributed by atoms with van der Waals surface area (Å²) in [5.41, 5.74) is 1.29. The second-order valence-corrected chi connectivity index (χ2v) is 6.61. The summed E-state index contributed by atoms with van der Waals surface area (Å²) in [6, 6.07) is 0. The molecule has 6 nitrogen and oxygen atoms in total. The zero-order valence-electron chi connectivity index (χ0n) is 12.9. The number of likely N-dealkylation sites (tertiary alicyclic amines) is 1. The van der Waals surface area contributed by atoms with Crippen LogP contribution < -0.4 is 0 Å². The molecule has 118 valence electrons. The highest BCUT2D eigenvalue weighted by Crippen LogP contribution is 2.39. The topological polar surface area (TPSA) is 70.8 Å². The minimum Gasteiger partial charge on any atom is -0.339 e. The van der Waals surface area contributed by atoms with Crippen LogP contribution in [0.3, 0.4) is 0 Å². The van der Waals surface area contributed by atoms with Gasteiger partial charge in [-0.2, -0.15) is 10.1 Å². The molecule has 2 aliphatic rings. The van der Waals surface area contributed by atoms with Crippen molar-refractivity contribution < 1.29 is 4.52 Å². The van der Waals surface area contributed by atoms with Crippen LogP contribution in [0.4, 0.5) is 0 Å².